The standard InChI is InChI=1S/C18H30N4O4S/c1-18(2)14(17(24)25)22-15(23)13(16(22)27-18)20(3)21-8-5-12(6-9-21)11-26-10-4-7-19/h12-14,16H,3-11,19H2,1-2H3/p+1/t13-,14+,16-/m1/s1. The Morgan fingerprint density at radius 3 is 2.70 bits per heavy atom. The van der Waals surface area contributed by atoms with Gasteiger partial charge in [0.05, 0.1) is 13.1 Å². The number of hydrogen-bond donors (Lipinski definition) is 2. The number of carbonyl (C=O) groups is 2. The SMILES string of the molecule is C=[N+]([C@@H]1C(=O)N2[C@@H]1SC(C)(C)[C@@H]2C(=O)O)N1CCC(COCCCN)CC1. The van der Waals surface area contributed by atoms with Gasteiger partial charge in [0.15, 0.2) is 12.1 Å². The average molecular weight is 400 g/mol. The highest BCUT2D eigenvalue weighted by Crippen LogP contribution is 2.51. The number of fused-ring (bicyclic) bond motifs is 1. The predicted octanol–water partition coefficient (Wildman–Crippen LogP) is 0.207. The molecule has 27 heavy (non-hydrogen) atoms. The average Bonchev–Trinajstić information content (AvgIpc) is 2.87. The number of nitrogens with zero attached hydrogens (tertiary/aromatic N) is 3. The molecular weight excluding hydrogens is 368 g/mol. The van der Waals surface area contributed by atoms with Crippen LogP contribution in [0.5, 0.6) is 0 Å². The normalized spacial score (nSPS) is 30.2. The first-order chi connectivity index (χ1) is 12.8. The Labute approximate surface area is 164 Å². The topological polar surface area (TPSA) is 99.1 Å². The Kier molecular flexibility index (Phi) is 6.02. The zero-order chi connectivity index (χ0) is 19.8. The Morgan fingerprint density at radius 2 is 2.11 bits per heavy atom. The molecule has 0 spiro atoms. The Bertz CT molecular complexity index is 606. The van der Waals surface area contributed by atoms with Crippen molar-refractivity contribution in [2.24, 2.45) is 11.7 Å². The van der Waals surface area contributed by atoms with Gasteiger partial charge >= 0.3 is 5.97 Å². The highest BCUT2D eigenvalue weighted by Gasteiger charge is 2.68. The fourth-order valence-electron chi connectivity index (χ4n) is 4.22. The van der Waals surface area contributed by atoms with Gasteiger partial charge in [-0.3, -0.25) is 4.79 Å². The second-order valence-electron chi connectivity index (χ2n) is 8.10. The molecule has 0 radical (unpaired) electrons. The molecule has 3 saturated heterocycles. The van der Waals surface area contributed by atoms with Crippen LogP contribution in [-0.4, -0.2) is 93.3 Å². The number of rotatable bonds is 8. The smallest absolute Gasteiger partial charge is 0.327 e. The zero-order valence-corrected chi connectivity index (χ0v) is 17.0. The van der Waals surface area contributed by atoms with Crippen LogP contribution in [0.1, 0.15) is 33.1 Å². The second kappa shape index (κ2) is 7.97. The van der Waals surface area contributed by atoms with E-state index < -0.39 is 16.8 Å². The van der Waals surface area contributed by atoms with Crippen LogP contribution in [-0.2, 0) is 14.3 Å². The van der Waals surface area contributed by atoms with E-state index in [2.05, 4.69) is 11.7 Å². The summed E-state index contributed by atoms with van der Waals surface area (Å²) in [6.45, 7) is 11.7. The van der Waals surface area contributed by atoms with Gasteiger partial charge in [-0.1, -0.05) is 0 Å². The molecule has 0 aromatic rings. The predicted molar refractivity (Wildman–Crippen MR) is 104 cm³/mol. The zero-order valence-electron chi connectivity index (χ0n) is 16.2. The monoisotopic (exact) mass is 399 g/mol. The number of amides is 1. The van der Waals surface area contributed by atoms with E-state index in [1.165, 1.54) is 4.90 Å². The van der Waals surface area contributed by atoms with Crippen molar-refractivity contribution in [1.82, 2.24) is 9.91 Å². The van der Waals surface area contributed by atoms with Gasteiger partial charge in [-0.2, -0.15) is 5.01 Å². The third-order valence-corrected chi connectivity index (χ3v) is 7.33. The van der Waals surface area contributed by atoms with Crippen LogP contribution in [0.2, 0.25) is 0 Å². The van der Waals surface area contributed by atoms with Crippen LogP contribution in [0.3, 0.4) is 0 Å². The maximum Gasteiger partial charge on any atom is 0.327 e. The third-order valence-electron chi connectivity index (χ3n) is 5.77. The molecule has 3 atom stereocenters. The number of thioether (sulfide) groups is 1. The number of hydrazine groups is 1. The van der Waals surface area contributed by atoms with Crippen molar-refractivity contribution in [3.63, 3.8) is 0 Å². The molecule has 0 aromatic carbocycles. The summed E-state index contributed by atoms with van der Waals surface area (Å²) < 4.78 is 6.96. The van der Waals surface area contributed by atoms with E-state index in [-0.39, 0.29) is 17.3 Å². The maximum absolute atomic E-state index is 12.7. The molecule has 3 rings (SSSR count). The quantitative estimate of drug-likeness (QED) is 0.260. The number of hydrazone groups is 1. The number of hydrogen-bond acceptors (Lipinski definition) is 6. The summed E-state index contributed by atoms with van der Waals surface area (Å²) in [7, 11) is 0. The molecule has 1 amide bonds. The molecule has 0 aliphatic carbocycles. The summed E-state index contributed by atoms with van der Waals surface area (Å²) in [5.41, 5.74) is 5.47. The number of carbonyl (C=O) groups excluding carboxylic acids is 1. The molecule has 3 aliphatic rings. The van der Waals surface area contributed by atoms with Crippen molar-refractivity contribution in [2.45, 2.75) is 55.3 Å². The second-order valence-corrected chi connectivity index (χ2v) is 9.87. The van der Waals surface area contributed by atoms with Gasteiger partial charge in [0.1, 0.15) is 6.04 Å². The van der Waals surface area contributed by atoms with Crippen molar-refractivity contribution in [1.29, 1.82) is 0 Å². The number of nitrogens with two attached hydrogens (primary N) is 1. The van der Waals surface area contributed by atoms with E-state index in [0.717, 1.165) is 39.0 Å². The summed E-state index contributed by atoms with van der Waals surface area (Å²) >= 11 is 1.56. The molecule has 8 nitrogen and oxygen atoms in total. The van der Waals surface area contributed by atoms with Gasteiger partial charge in [-0.05, 0) is 45.6 Å². The number of piperidine rings is 1. The first-order valence-electron chi connectivity index (χ1n) is 9.63. The van der Waals surface area contributed by atoms with Crippen molar-refractivity contribution in [2.75, 3.05) is 32.8 Å². The van der Waals surface area contributed by atoms with Crippen molar-refractivity contribution < 1.29 is 24.1 Å². The minimum absolute atomic E-state index is 0.132. The molecule has 3 N–H and O–H groups in total. The summed E-state index contributed by atoms with van der Waals surface area (Å²) in [4.78, 5) is 25.9. The lowest BCUT2D eigenvalue weighted by Crippen LogP contribution is -2.70. The molecule has 0 aromatic heterocycles. The Hall–Kier alpha value is -1.32. The lowest BCUT2D eigenvalue weighted by molar-refractivity contribution is -0.711. The van der Waals surface area contributed by atoms with Crippen LogP contribution >= 0.6 is 11.8 Å². The van der Waals surface area contributed by atoms with Crippen LogP contribution in [0, 0.1) is 5.92 Å². The lowest BCUT2D eigenvalue weighted by Gasteiger charge is -2.42. The number of carboxylic acids is 1. The molecule has 3 fully saturated rings. The van der Waals surface area contributed by atoms with E-state index >= 15 is 0 Å². The third kappa shape index (κ3) is 3.82. The fourth-order valence-corrected chi connectivity index (χ4v) is 5.91. The summed E-state index contributed by atoms with van der Waals surface area (Å²) in [5, 5.41) is 11.5. The van der Waals surface area contributed by atoms with Crippen molar-refractivity contribution in [3.05, 3.63) is 0 Å². The van der Waals surface area contributed by atoms with Gasteiger partial charge in [0.25, 0.3) is 11.9 Å². The Morgan fingerprint density at radius 1 is 1.44 bits per heavy atom. The molecule has 0 unspecified atom stereocenters. The van der Waals surface area contributed by atoms with Crippen molar-refractivity contribution >= 4 is 30.4 Å². The van der Waals surface area contributed by atoms with Crippen molar-refractivity contribution in [3.8, 4) is 0 Å². The Balaban J connectivity index is 1.53. The number of aliphatic carboxylic acids is 1. The lowest BCUT2D eigenvalue weighted by atomic mass is 9.95. The number of carboxylic acid groups (broad SMARTS) is 1. The first kappa shape index (κ1) is 20.4. The first-order valence-corrected chi connectivity index (χ1v) is 10.5. The summed E-state index contributed by atoms with van der Waals surface area (Å²) in [6.07, 6.45) is 2.89. The van der Waals surface area contributed by atoms with Gasteiger partial charge in [0, 0.05) is 18.0 Å². The van der Waals surface area contributed by atoms with Gasteiger partial charge in [-0.25, -0.2) is 4.79 Å². The molecular formula is C18H31N4O4S+. The number of ether oxygens (including phenoxy) is 1. The minimum atomic E-state index is -0.937. The minimum Gasteiger partial charge on any atom is -0.480 e. The molecule has 3 aliphatic heterocycles. The van der Waals surface area contributed by atoms with E-state index in [1.54, 1.807) is 16.4 Å². The van der Waals surface area contributed by atoms with Gasteiger partial charge in [-0.15, -0.1) is 16.4 Å². The fraction of sp³-hybridized carbons (Fsp3) is 0.833. The highest BCUT2D eigenvalue weighted by molar-refractivity contribution is 8.01. The van der Waals surface area contributed by atoms with Gasteiger partial charge in [0.2, 0.25) is 0 Å². The molecule has 0 bridgehead atoms. The van der Waals surface area contributed by atoms with Crippen LogP contribution in [0.15, 0.2) is 0 Å². The van der Waals surface area contributed by atoms with E-state index in [1.807, 2.05) is 13.8 Å². The summed E-state index contributed by atoms with van der Waals surface area (Å²) in [6, 6.07) is -1.16. The van der Waals surface area contributed by atoms with Crippen LogP contribution in [0.25, 0.3) is 0 Å². The van der Waals surface area contributed by atoms with E-state index in [0.29, 0.717) is 19.1 Å². The number of β-lactam (4-membered cyclic amide) rings is 1. The maximum atomic E-state index is 12.7. The van der Waals surface area contributed by atoms with E-state index in [9.17, 15) is 14.7 Å². The van der Waals surface area contributed by atoms with Crippen LogP contribution in [0.4, 0.5) is 0 Å². The van der Waals surface area contributed by atoms with Gasteiger partial charge < -0.3 is 20.5 Å². The molecule has 3 heterocycles. The largest absolute Gasteiger partial charge is 0.480 e. The highest BCUT2D eigenvalue weighted by atomic mass is 32.2. The van der Waals surface area contributed by atoms with Crippen LogP contribution < -0.4 is 5.73 Å². The molecule has 152 valence electrons. The summed E-state index contributed by atoms with van der Waals surface area (Å²) in [5.74, 6) is -0.544. The molecule has 9 heteroatoms. The molecule has 0 saturated carbocycles. The van der Waals surface area contributed by atoms with E-state index in [4.69, 9.17) is 10.5 Å².